The van der Waals surface area contributed by atoms with E-state index >= 15 is 0 Å². The SMILES string of the molecule is O=C(C1=C(O)C(=O)N(Cc2ccccc2)C1c1ccccc1)c1ccco1. The summed E-state index contributed by atoms with van der Waals surface area (Å²) in [6, 6.07) is 21.1. The maximum Gasteiger partial charge on any atom is 0.290 e. The Morgan fingerprint density at radius 1 is 0.963 bits per heavy atom. The lowest BCUT2D eigenvalue weighted by Gasteiger charge is -2.26. The van der Waals surface area contributed by atoms with Gasteiger partial charge in [0.05, 0.1) is 17.9 Å². The molecule has 0 aliphatic carbocycles. The van der Waals surface area contributed by atoms with Crippen LogP contribution in [-0.2, 0) is 11.3 Å². The molecule has 1 aliphatic rings. The Hall–Kier alpha value is -3.60. The molecule has 1 unspecified atom stereocenters. The van der Waals surface area contributed by atoms with Gasteiger partial charge in [0.25, 0.3) is 5.91 Å². The molecular weight excluding hydrogens is 342 g/mol. The fourth-order valence-electron chi connectivity index (χ4n) is 3.35. The third kappa shape index (κ3) is 3.04. The first-order valence-corrected chi connectivity index (χ1v) is 8.58. The summed E-state index contributed by atoms with van der Waals surface area (Å²) < 4.78 is 5.20. The zero-order valence-corrected chi connectivity index (χ0v) is 14.4. The van der Waals surface area contributed by atoms with Crippen LogP contribution in [0.3, 0.4) is 0 Å². The maximum absolute atomic E-state index is 13.0. The Kier molecular flexibility index (Phi) is 4.34. The highest BCUT2D eigenvalue weighted by Crippen LogP contribution is 2.39. The van der Waals surface area contributed by atoms with Crippen LogP contribution in [-0.4, -0.2) is 21.7 Å². The van der Waals surface area contributed by atoms with Gasteiger partial charge in [-0.2, -0.15) is 0 Å². The summed E-state index contributed by atoms with van der Waals surface area (Å²) in [5.74, 6) is -1.49. The van der Waals surface area contributed by atoms with Gasteiger partial charge < -0.3 is 14.4 Å². The molecule has 1 N–H and O–H groups in total. The Bertz CT molecular complexity index is 991. The molecule has 3 aromatic rings. The topological polar surface area (TPSA) is 70.8 Å². The molecule has 5 nitrogen and oxygen atoms in total. The fraction of sp³-hybridized carbons (Fsp3) is 0.0909. The van der Waals surface area contributed by atoms with E-state index in [9.17, 15) is 14.7 Å². The van der Waals surface area contributed by atoms with Crippen LogP contribution < -0.4 is 0 Å². The minimum absolute atomic E-state index is 0.0390. The fourth-order valence-corrected chi connectivity index (χ4v) is 3.35. The van der Waals surface area contributed by atoms with Crippen molar-refractivity contribution < 1.29 is 19.1 Å². The molecule has 1 atom stereocenters. The third-order valence-electron chi connectivity index (χ3n) is 4.60. The lowest BCUT2D eigenvalue weighted by atomic mass is 9.95. The summed E-state index contributed by atoms with van der Waals surface area (Å²) >= 11 is 0. The number of furan rings is 1. The standard InChI is InChI=1S/C22H17NO4/c24-20(17-12-7-13-27-17)18-19(16-10-5-2-6-11-16)23(22(26)21(18)25)14-15-8-3-1-4-9-15/h1-13,19,25H,14H2. The number of Topliss-reactive ketones (excluding diaryl/α,β-unsaturated/α-hetero) is 1. The van der Waals surface area contributed by atoms with Gasteiger partial charge in [0.2, 0.25) is 5.78 Å². The molecule has 0 radical (unpaired) electrons. The molecule has 1 aliphatic heterocycles. The number of benzene rings is 2. The minimum Gasteiger partial charge on any atom is -0.503 e. The van der Waals surface area contributed by atoms with E-state index < -0.39 is 23.5 Å². The van der Waals surface area contributed by atoms with Gasteiger partial charge in [0, 0.05) is 6.54 Å². The van der Waals surface area contributed by atoms with E-state index in [1.165, 1.54) is 17.2 Å². The molecular formula is C22H17NO4. The summed E-state index contributed by atoms with van der Waals surface area (Å²) in [4.78, 5) is 27.3. The second kappa shape index (κ2) is 6.96. The van der Waals surface area contributed by atoms with Gasteiger partial charge in [-0.05, 0) is 23.3 Å². The Labute approximate surface area is 156 Å². The number of ketones is 1. The van der Waals surface area contributed by atoms with Crippen LogP contribution in [0, 0.1) is 0 Å². The molecule has 5 heteroatoms. The second-order valence-corrected chi connectivity index (χ2v) is 6.30. The molecule has 1 aromatic heterocycles. The van der Waals surface area contributed by atoms with Crippen molar-refractivity contribution in [3.05, 3.63) is 107 Å². The van der Waals surface area contributed by atoms with Crippen molar-refractivity contribution in [2.75, 3.05) is 0 Å². The molecule has 2 aromatic carbocycles. The highest BCUT2D eigenvalue weighted by molar-refractivity contribution is 6.14. The van der Waals surface area contributed by atoms with Crippen molar-refractivity contribution in [3.8, 4) is 0 Å². The van der Waals surface area contributed by atoms with E-state index in [-0.39, 0.29) is 17.9 Å². The third-order valence-corrected chi connectivity index (χ3v) is 4.60. The average Bonchev–Trinajstić information content (AvgIpc) is 3.32. The number of hydrogen-bond acceptors (Lipinski definition) is 4. The quantitative estimate of drug-likeness (QED) is 0.698. The van der Waals surface area contributed by atoms with E-state index in [1.807, 2.05) is 60.7 Å². The van der Waals surface area contributed by atoms with Crippen LogP contribution in [0.1, 0.15) is 27.7 Å². The number of carbonyl (C=O) groups is 2. The van der Waals surface area contributed by atoms with Crippen LogP contribution in [0.15, 0.2) is 94.8 Å². The van der Waals surface area contributed by atoms with Crippen LogP contribution >= 0.6 is 0 Å². The van der Waals surface area contributed by atoms with Gasteiger partial charge in [-0.3, -0.25) is 9.59 Å². The molecule has 0 bridgehead atoms. The monoisotopic (exact) mass is 359 g/mol. The summed E-state index contributed by atoms with van der Waals surface area (Å²) in [5, 5.41) is 10.5. The normalized spacial score (nSPS) is 16.8. The predicted octanol–water partition coefficient (Wildman–Crippen LogP) is 4.06. The first-order chi connectivity index (χ1) is 13.2. The molecule has 0 spiro atoms. The van der Waals surface area contributed by atoms with Gasteiger partial charge in [0.15, 0.2) is 11.5 Å². The van der Waals surface area contributed by atoms with Crippen LogP contribution in [0.5, 0.6) is 0 Å². The van der Waals surface area contributed by atoms with E-state index in [4.69, 9.17) is 4.42 Å². The Morgan fingerprint density at radius 3 is 2.26 bits per heavy atom. The zero-order valence-electron chi connectivity index (χ0n) is 14.4. The number of rotatable bonds is 5. The Morgan fingerprint density at radius 2 is 1.63 bits per heavy atom. The number of carbonyl (C=O) groups excluding carboxylic acids is 2. The summed E-state index contributed by atoms with van der Waals surface area (Å²) in [6.07, 6.45) is 1.39. The molecule has 2 heterocycles. The molecule has 134 valence electrons. The number of aliphatic hydroxyl groups excluding tert-OH is 1. The molecule has 0 saturated carbocycles. The van der Waals surface area contributed by atoms with Gasteiger partial charge in [0.1, 0.15) is 0 Å². The van der Waals surface area contributed by atoms with Crippen LogP contribution in [0.25, 0.3) is 0 Å². The lowest BCUT2D eigenvalue weighted by Crippen LogP contribution is -2.30. The maximum atomic E-state index is 13.0. The first kappa shape index (κ1) is 16.8. The van der Waals surface area contributed by atoms with Crippen molar-refractivity contribution in [3.63, 3.8) is 0 Å². The molecule has 0 fully saturated rings. The van der Waals surface area contributed by atoms with Crippen molar-refractivity contribution in [1.82, 2.24) is 4.90 Å². The van der Waals surface area contributed by atoms with Crippen molar-refractivity contribution in [2.24, 2.45) is 0 Å². The minimum atomic E-state index is -0.684. The summed E-state index contributed by atoms with van der Waals surface area (Å²) in [7, 11) is 0. The summed E-state index contributed by atoms with van der Waals surface area (Å²) in [6.45, 7) is 0.276. The predicted molar refractivity (Wildman–Crippen MR) is 98.9 cm³/mol. The van der Waals surface area contributed by atoms with E-state index in [2.05, 4.69) is 0 Å². The van der Waals surface area contributed by atoms with Gasteiger partial charge in [-0.15, -0.1) is 0 Å². The van der Waals surface area contributed by atoms with Crippen LogP contribution in [0.4, 0.5) is 0 Å². The van der Waals surface area contributed by atoms with Gasteiger partial charge in [-0.25, -0.2) is 0 Å². The number of hydrogen-bond donors (Lipinski definition) is 1. The molecule has 27 heavy (non-hydrogen) atoms. The van der Waals surface area contributed by atoms with E-state index in [0.29, 0.717) is 0 Å². The highest BCUT2D eigenvalue weighted by atomic mass is 16.3. The van der Waals surface area contributed by atoms with E-state index in [1.54, 1.807) is 6.07 Å². The number of nitrogens with zero attached hydrogens (tertiary/aromatic N) is 1. The summed E-state index contributed by atoms with van der Waals surface area (Å²) in [5.41, 5.74) is 1.70. The van der Waals surface area contributed by atoms with Gasteiger partial charge >= 0.3 is 0 Å². The van der Waals surface area contributed by atoms with Crippen LogP contribution in [0.2, 0.25) is 0 Å². The highest BCUT2D eigenvalue weighted by Gasteiger charge is 2.44. The van der Waals surface area contributed by atoms with Gasteiger partial charge in [-0.1, -0.05) is 60.7 Å². The number of amides is 1. The Balaban J connectivity index is 1.79. The first-order valence-electron chi connectivity index (χ1n) is 8.58. The van der Waals surface area contributed by atoms with Crippen molar-refractivity contribution >= 4 is 11.7 Å². The van der Waals surface area contributed by atoms with Crippen molar-refractivity contribution in [2.45, 2.75) is 12.6 Å². The smallest absolute Gasteiger partial charge is 0.290 e. The molecule has 1 amide bonds. The largest absolute Gasteiger partial charge is 0.503 e. The molecule has 4 rings (SSSR count). The zero-order chi connectivity index (χ0) is 18.8. The number of aliphatic hydroxyl groups is 1. The molecule has 0 saturated heterocycles. The van der Waals surface area contributed by atoms with E-state index in [0.717, 1.165) is 11.1 Å². The second-order valence-electron chi connectivity index (χ2n) is 6.30. The average molecular weight is 359 g/mol. The lowest BCUT2D eigenvalue weighted by molar-refractivity contribution is -0.130. The van der Waals surface area contributed by atoms with Crippen molar-refractivity contribution in [1.29, 1.82) is 0 Å².